The molecule has 1 saturated heterocycles. The van der Waals surface area contributed by atoms with Gasteiger partial charge in [-0.25, -0.2) is 0 Å². The number of halogens is 2. The Labute approximate surface area is 64.3 Å². The van der Waals surface area contributed by atoms with E-state index in [1.54, 1.807) is 0 Å². The van der Waals surface area contributed by atoms with Crippen LogP contribution in [0.1, 0.15) is 12.8 Å². The number of hydrogen-bond acceptors (Lipinski definition) is 1. The van der Waals surface area contributed by atoms with E-state index in [9.17, 15) is 0 Å². The highest BCUT2D eigenvalue weighted by atomic mass is 35.5. The van der Waals surface area contributed by atoms with E-state index < -0.39 is 4.33 Å². The standard InChI is InChI=1S/C6H8Cl2O/c7-6(8)4-2-1-3-9-5(4)6/h4-5H,1-3H2/t4-,5+/m1/s1. The van der Waals surface area contributed by atoms with Crippen molar-refractivity contribution in [3.8, 4) is 0 Å². The molecule has 1 aliphatic carbocycles. The Kier molecular flexibility index (Phi) is 1.24. The van der Waals surface area contributed by atoms with Crippen LogP contribution in [0.2, 0.25) is 0 Å². The molecular weight excluding hydrogens is 159 g/mol. The summed E-state index contributed by atoms with van der Waals surface area (Å²) in [6.45, 7) is 0.836. The van der Waals surface area contributed by atoms with Crippen LogP contribution in [0.5, 0.6) is 0 Å². The van der Waals surface area contributed by atoms with Crippen LogP contribution in [-0.2, 0) is 4.74 Å². The lowest BCUT2D eigenvalue weighted by atomic mass is 10.2. The van der Waals surface area contributed by atoms with Gasteiger partial charge in [-0.2, -0.15) is 0 Å². The van der Waals surface area contributed by atoms with Crippen molar-refractivity contribution in [2.24, 2.45) is 5.92 Å². The number of fused-ring (bicyclic) bond motifs is 1. The second kappa shape index (κ2) is 1.77. The van der Waals surface area contributed by atoms with Gasteiger partial charge in [0, 0.05) is 12.5 Å². The van der Waals surface area contributed by atoms with Gasteiger partial charge in [-0.15, -0.1) is 0 Å². The van der Waals surface area contributed by atoms with Crippen molar-refractivity contribution < 1.29 is 4.74 Å². The third kappa shape index (κ3) is 0.787. The zero-order valence-corrected chi connectivity index (χ0v) is 6.45. The quantitative estimate of drug-likeness (QED) is 0.501. The molecule has 0 bridgehead atoms. The van der Waals surface area contributed by atoms with Gasteiger partial charge in [0.15, 0.2) is 0 Å². The maximum Gasteiger partial charge on any atom is 0.149 e. The topological polar surface area (TPSA) is 9.23 Å². The molecule has 0 radical (unpaired) electrons. The summed E-state index contributed by atoms with van der Waals surface area (Å²) in [6, 6.07) is 0. The van der Waals surface area contributed by atoms with Crippen LogP contribution in [-0.4, -0.2) is 17.0 Å². The summed E-state index contributed by atoms with van der Waals surface area (Å²) >= 11 is 11.7. The molecule has 2 aliphatic rings. The van der Waals surface area contributed by atoms with Crippen LogP contribution in [0.25, 0.3) is 0 Å². The maximum atomic E-state index is 5.85. The van der Waals surface area contributed by atoms with Crippen LogP contribution < -0.4 is 0 Å². The SMILES string of the molecule is ClC1(Cl)[C@@H]2CCCO[C@@H]21. The molecule has 2 fully saturated rings. The Morgan fingerprint density at radius 1 is 1.44 bits per heavy atom. The summed E-state index contributed by atoms with van der Waals surface area (Å²) in [7, 11) is 0. The molecule has 3 heteroatoms. The highest BCUT2D eigenvalue weighted by molar-refractivity contribution is 6.51. The molecule has 1 nitrogen and oxygen atoms in total. The normalized spacial score (nSPS) is 46.0. The van der Waals surface area contributed by atoms with Crippen molar-refractivity contribution >= 4 is 23.2 Å². The molecule has 1 saturated carbocycles. The average Bonchev–Trinajstić information content (AvgIpc) is 2.39. The van der Waals surface area contributed by atoms with Crippen LogP contribution in [0, 0.1) is 5.92 Å². The number of ether oxygens (including phenoxy) is 1. The Morgan fingerprint density at radius 2 is 2.22 bits per heavy atom. The van der Waals surface area contributed by atoms with Gasteiger partial charge in [0.25, 0.3) is 0 Å². The van der Waals surface area contributed by atoms with Crippen molar-refractivity contribution in [3.63, 3.8) is 0 Å². The molecule has 1 heterocycles. The molecule has 0 aromatic carbocycles. The summed E-state index contributed by atoms with van der Waals surface area (Å²) in [5, 5.41) is 0. The smallest absolute Gasteiger partial charge is 0.149 e. The van der Waals surface area contributed by atoms with Crippen molar-refractivity contribution in [1.29, 1.82) is 0 Å². The third-order valence-corrected chi connectivity index (χ3v) is 3.08. The Morgan fingerprint density at radius 3 is 2.67 bits per heavy atom. The van der Waals surface area contributed by atoms with Crippen LogP contribution in [0.3, 0.4) is 0 Å². The van der Waals surface area contributed by atoms with Gasteiger partial charge >= 0.3 is 0 Å². The molecule has 2 rings (SSSR count). The molecule has 0 aromatic heterocycles. The van der Waals surface area contributed by atoms with E-state index in [2.05, 4.69) is 0 Å². The molecular formula is C6H8Cl2O. The van der Waals surface area contributed by atoms with Crippen molar-refractivity contribution in [2.45, 2.75) is 23.3 Å². The first-order valence-corrected chi connectivity index (χ1v) is 3.98. The highest BCUT2D eigenvalue weighted by Crippen LogP contribution is 2.59. The van der Waals surface area contributed by atoms with Crippen LogP contribution >= 0.6 is 23.2 Å². The lowest BCUT2D eigenvalue weighted by Gasteiger charge is -2.06. The van der Waals surface area contributed by atoms with E-state index in [0.29, 0.717) is 5.92 Å². The van der Waals surface area contributed by atoms with E-state index >= 15 is 0 Å². The zero-order chi connectivity index (χ0) is 6.48. The van der Waals surface area contributed by atoms with Gasteiger partial charge in [0.1, 0.15) is 4.33 Å². The van der Waals surface area contributed by atoms with E-state index in [4.69, 9.17) is 27.9 Å². The Hall–Kier alpha value is 0.540. The summed E-state index contributed by atoms with van der Waals surface area (Å²) < 4.78 is 4.77. The van der Waals surface area contributed by atoms with Crippen molar-refractivity contribution in [3.05, 3.63) is 0 Å². The van der Waals surface area contributed by atoms with E-state index in [0.717, 1.165) is 19.4 Å². The van der Waals surface area contributed by atoms with Gasteiger partial charge in [-0.3, -0.25) is 0 Å². The van der Waals surface area contributed by atoms with Crippen LogP contribution in [0.15, 0.2) is 0 Å². The van der Waals surface area contributed by atoms with Crippen LogP contribution in [0.4, 0.5) is 0 Å². The molecule has 0 N–H and O–H groups in total. The number of hydrogen-bond donors (Lipinski definition) is 0. The van der Waals surface area contributed by atoms with Gasteiger partial charge in [-0.05, 0) is 12.8 Å². The molecule has 1 aliphatic heterocycles. The fourth-order valence-electron chi connectivity index (χ4n) is 1.44. The zero-order valence-electron chi connectivity index (χ0n) is 4.94. The van der Waals surface area contributed by atoms with Gasteiger partial charge < -0.3 is 4.74 Å². The molecule has 0 aromatic rings. The summed E-state index contributed by atoms with van der Waals surface area (Å²) in [6.07, 6.45) is 2.40. The molecule has 0 spiro atoms. The number of rotatable bonds is 0. The lowest BCUT2D eigenvalue weighted by molar-refractivity contribution is 0.0791. The van der Waals surface area contributed by atoms with E-state index in [-0.39, 0.29) is 6.10 Å². The van der Waals surface area contributed by atoms with Gasteiger partial charge in [-0.1, -0.05) is 23.2 Å². The summed E-state index contributed by atoms with van der Waals surface area (Å²) in [4.78, 5) is 0. The second-order valence-corrected chi connectivity index (χ2v) is 4.16. The lowest BCUT2D eigenvalue weighted by Crippen LogP contribution is -2.06. The molecule has 0 amide bonds. The molecule has 52 valence electrons. The van der Waals surface area contributed by atoms with E-state index in [1.807, 2.05) is 0 Å². The molecule has 2 atom stereocenters. The summed E-state index contributed by atoms with van der Waals surface area (Å²) in [5.41, 5.74) is 0. The fourth-order valence-corrected chi connectivity index (χ4v) is 2.19. The largest absolute Gasteiger partial charge is 0.375 e. The first-order valence-electron chi connectivity index (χ1n) is 3.22. The minimum Gasteiger partial charge on any atom is -0.375 e. The minimum absolute atomic E-state index is 0.148. The molecule has 0 unspecified atom stereocenters. The fraction of sp³-hybridized carbons (Fsp3) is 1.00. The van der Waals surface area contributed by atoms with Gasteiger partial charge in [0.2, 0.25) is 0 Å². The number of alkyl halides is 2. The van der Waals surface area contributed by atoms with Crippen molar-refractivity contribution in [1.82, 2.24) is 0 Å². The monoisotopic (exact) mass is 166 g/mol. The average molecular weight is 167 g/mol. The second-order valence-electron chi connectivity index (χ2n) is 2.71. The molecule has 9 heavy (non-hydrogen) atoms. The predicted molar refractivity (Wildman–Crippen MR) is 36.9 cm³/mol. The highest BCUT2D eigenvalue weighted by Gasteiger charge is 2.65. The Balaban J connectivity index is 2.06. The first kappa shape index (κ1) is 6.26. The minimum atomic E-state index is -0.531. The Bertz CT molecular complexity index is 121. The van der Waals surface area contributed by atoms with Gasteiger partial charge in [0.05, 0.1) is 6.10 Å². The third-order valence-electron chi connectivity index (χ3n) is 2.09. The summed E-state index contributed by atoms with van der Waals surface area (Å²) in [5.74, 6) is 0.426. The van der Waals surface area contributed by atoms with E-state index in [1.165, 1.54) is 0 Å². The van der Waals surface area contributed by atoms with Crippen molar-refractivity contribution in [2.75, 3.05) is 6.61 Å². The first-order chi connectivity index (χ1) is 4.23. The predicted octanol–water partition coefficient (Wildman–Crippen LogP) is 1.97. The maximum absolute atomic E-state index is 5.85.